The largest absolute Gasteiger partial charge is 0.481 e. The van der Waals surface area contributed by atoms with Crippen molar-refractivity contribution in [1.29, 1.82) is 0 Å². The zero-order valence-corrected chi connectivity index (χ0v) is 26.3. The van der Waals surface area contributed by atoms with E-state index in [0.29, 0.717) is 19.3 Å². The van der Waals surface area contributed by atoms with Crippen molar-refractivity contribution in [1.82, 2.24) is 0 Å². The molecule has 246 valence electrons. The number of hydrogen-bond donors (Lipinski definition) is 5. The minimum absolute atomic E-state index is 0.0521. The topological polar surface area (TPSA) is 192 Å². The van der Waals surface area contributed by atoms with E-state index >= 15 is 0 Å². The van der Waals surface area contributed by atoms with E-state index in [9.17, 15) is 24.0 Å². The lowest BCUT2D eigenvalue weighted by Gasteiger charge is -2.03. The minimum Gasteiger partial charge on any atom is -0.481 e. The molecule has 0 unspecified atom stereocenters. The van der Waals surface area contributed by atoms with Gasteiger partial charge in [-0.25, -0.2) is 9.59 Å². The second-order valence-corrected chi connectivity index (χ2v) is 10.8. The first kappa shape index (κ1) is 41.7. The number of benzene rings is 1. The van der Waals surface area contributed by atoms with Crippen molar-refractivity contribution >= 4 is 35.3 Å². The summed E-state index contributed by atoms with van der Waals surface area (Å²) in [6.45, 7) is 3.73. The lowest BCUT2D eigenvalue weighted by molar-refractivity contribution is -0.138. The first-order valence-corrected chi connectivity index (χ1v) is 15.7. The normalized spacial score (nSPS) is 10.1. The highest BCUT2D eigenvalue weighted by Crippen LogP contribution is 2.15. The van der Waals surface area contributed by atoms with E-state index in [1.165, 1.54) is 109 Å². The summed E-state index contributed by atoms with van der Waals surface area (Å²) in [4.78, 5) is 51.5. The van der Waals surface area contributed by atoms with Crippen molar-refractivity contribution < 1.29 is 44.4 Å². The van der Waals surface area contributed by atoms with Crippen LogP contribution in [0.25, 0.3) is 0 Å². The number of carboxylic acids is 4. The van der Waals surface area contributed by atoms with Crippen molar-refractivity contribution in [3.63, 3.8) is 0 Å². The third-order valence-corrected chi connectivity index (χ3v) is 6.67. The fourth-order valence-corrected chi connectivity index (χ4v) is 4.24. The summed E-state index contributed by atoms with van der Waals surface area (Å²) >= 11 is 0. The van der Waals surface area contributed by atoms with Crippen LogP contribution in [0.5, 0.6) is 0 Å². The van der Waals surface area contributed by atoms with Gasteiger partial charge in [-0.15, -0.1) is 0 Å². The number of anilines is 1. The van der Waals surface area contributed by atoms with Crippen LogP contribution in [0.2, 0.25) is 0 Å². The molecule has 0 atom stereocenters. The number of Topliss-reactive ketones (excluding diaryl/α,β-unsaturated/α-hetero) is 1. The molecule has 0 saturated heterocycles. The van der Waals surface area contributed by atoms with Gasteiger partial charge in [0.1, 0.15) is 5.78 Å². The first-order valence-electron chi connectivity index (χ1n) is 15.7. The van der Waals surface area contributed by atoms with Crippen molar-refractivity contribution in [3.05, 3.63) is 29.3 Å². The predicted octanol–water partition coefficient (Wildman–Crippen LogP) is 8.22. The monoisotopic (exact) mass is 609 g/mol. The third-order valence-electron chi connectivity index (χ3n) is 6.67. The number of ketones is 1. The van der Waals surface area contributed by atoms with Gasteiger partial charge in [0.05, 0.1) is 11.1 Å². The molecule has 0 amide bonds. The number of rotatable bonds is 23. The summed E-state index contributed by atoms with van der Waals surface area (Å²) in [7, 11) is 0. The maximum atomic E-state index is 10.6. The Labute approximate surface area is 257 Å². The maximum Gasteiger partial charge on any atom is 0.336 e. The molecule has 1 aromatic carbocycles. The number of aliphatic carboxylic acids is 2. The number of hydrogen-bond acceptors (Lipinski definition) is 6. The molecule has 1 rings (SSSR count). The first-order chi connectivity index (χ1) is 20.4. The highest BCUT2D eigenvalue weighted by atomic mass is 16.4. The van der Waals surface area contributed by atoms with Gasteiger partial charge in [-0.05, 0) is 38.0 Å². The van der Waals surface area contributed by atoms with Crippen molar-refractivity contribution in [3.8, 4) is 0 Å². The molecule has 0 spiro atoms. The number of nitrogen functional groups attached to an aromatic ring is 1. The van der Waals surface area contributed by atoms with Gasteiger partial charge >= 0.3 is 23.9 Å². The Kier molecular flexibility index (Phi) is 27.8. The predicted molar refractivity (Wildman–Crippen MR) is 169 cm³/mol. The number of unbranched alkanes of at least 4 members (excludes halogenated alkanes) is 15. The molecule has 10 nitrogen and oxygen atoms in total. The van der Waals surface area contributed by atoms with Crippen LogP contribution in [0.1, 0.15) is 163 Å². The van der Waals surface area contributed by atoms with E-state index in [2.05, 4.69) is 6.92 Å². The lowest BCUT2D eigenvalue weighted by Crippen LogP contribution is -2.08. The van der Waals surface area contributed by atoms with Gasteiger partial charge in [0.2, 0.25) is 0 Å². The van der Waals surface area contributed by atoms with Gasteiger partial charge in [0.25, 0.3) is 0 Å². The van der Waals surface area contributed by atoms with Crippen LogP contribution in [0.4, 0.5) is 5.69 Å². The van der Waals surface area contributed by atoms with E-state index < -0.39 is 23.9 Å². The number of carbonyl (C=O) groups excluding carboxylic acids is 1. The Balaban J connectivity index is 0. The molecule has 0 saturated carbocycles. The van der Waals surface area contributed by atoms with Gasteiger partial charge in [-0.2, -0.15) is 0 Å². The molecular formula is C33H55NO9. The van der Waals surface area contributed by atoms with Crippen LogP contribution in [-0.2, 0) is 14.4 Å². The van der Waals surface area contributed by atoms with Gasteiger partial charge in [-0.1, -0.05) is 103 Å². The quantitative estimate of drug-likeness (QED) is 0.0596. The summed E-state index contributed by atoms with van der Waals surface area (Å²) < 4.78 is 0. The molecule has 0 aliphatic rings. The van der Waals surface area contributed by atoms with Gasteiger partial charge < -0.3 is 31.0 Å². The standard InChI is InChI=1S/C19H38O2.C8H7NO4.C6H10O3/c1-2-3-4-5-6-7-8-9-10-11-12-13-14-15-16-17-18-19(20)21;9-4-1-2-5(7(10)11)6(3-4)8(12)13;1-5(7)3-2-4-6(8)9/h2-18H2,1H3,(H,20,21);1-3H,9H2,(H,10,11)(H,12,13);2-4H2,1H3,(H,8,9). The van der Waals surface area contributed by atoms with Crippen LogP contribution in [0.3, 0.4) is 0 Å². The molecule has 0 aliphatic heterocycles. The van der Waals surface area contributed by atoms with E-state index in [1.54, 1.807) is 0 Å². The highest BCUT2D eigenvalue weighted by molar-refractivity contribution is 6.02. The summed E-state index contributed by atoms with van der Waals surface area (Å²) in [5, 5.41) is 33.9. The zero-order valence-electron chi connectivity index (χ0n) is 26.3. The Morgan fingerprint density at radius 2 is 0.907 bits per heavy atom. The van der Waals surface area contributed by atoms with Crippen LogP contribution < -0.4 is 5.73 Å². The Bertz CT molecular complexity index is 917. The van der Waals surface area contributed by atoms with E-state index in [0.717, 1.165) is 18.9 Å². The van der Waals surface area contributed by atoms with Crippen LogP contribution in [0, 0.1) is 0 Å². The van der Waals surface area contributed by atoms with Gasteiger partial charge in [-0.3, -0.25) is 9.59 Å². The molecule has 0 heterocycles. The fourth-order valence-electron chi connectivity index (χ4n) is 4.24. The number of aromatic carboxylic acids is 2. The van der Waals surface area contributed by atoms with Crippen LogP contribution in [0.15, 0.2) is 18.2 Å². The molecule has 0 aliphatic carbocycles. The van der Waals surface area contributed by atoms with E-state index in [-0.39, 0.29) is 29.0 Å². The van der Waals surface area contributed by atoms with Crippen molar-refractivity contribution in [2.24, 2.45) is 0 Å². The summed E-state index contributed by atoms with van der Waals surface area (Å²) in [6.07, 6.45) is 22.6. The zero-order chi connectivity index (χ0) is 32.9. The smallest absolute Gasteiger partial charge is 0.336 e. The molecular weight excluding hydrogens is 554 g/mol. The van der Waals surface area contributed by atoms with Crippen LogP contribution in [-0.4, -0.2) is 50.1 Å². The Morgan fingerprint density at radius 1 is 0.535 bits per heavy atom. The Hall–Kier alpha value is -3.43. The fraction of sp³-hybridized carbons (Fsp3) is 0.667. The summed E-state index contributed by atoms with van der Waals surface area (Å²) in [6, 6.07) is 3.63. The summed E-state index contributed by atoms with van der Waals surface area (Å²) in [5.74, 6) is -4.02. The number of nitrogens with two attached hydrogens (primary N) is 1. The SMILES string of the molecule is CC(=O)CCCC(=O)O.CCCCCCCCCCCCCCCCCCC(=O)O.Nc1ccc(C(=O)O)c(C(=O)O)c1. The molecule has 0 radical (unpaired) electrons. The molecule has 0 aromatic heterocycles. The Morgan fingerprint density at radius 3 is 1.26 bits per heavy atom. The molecule has 0 bridgehead atoms. The maximum absolute atomic E-state index is 10.6. The highest BCUT2D eigenvalue weighted by Gasteiger charge is 2.15. The molecule has 6 N–H and O–H groups in total. The lowest BCUT2D eigenvalue weighted by atomic mass is 10.0. The van der Waals surface area contributed by atoms with E-state index in [1.807, 2.05) is 0 Å². The third kappa shape index (κ3) is 29.8. The van der Waals surface area contributed by atoms with Gasteiger partial charge in [0, 0.05) is 24.9 Å². The summed E-state index contributed by atoms with van der Waals surface area (Å²) in [5.41, 5.74) is 4.97. The second-order valence-electron chi connectivity index (χ2n) is 10.8. The number of carbonyl (C=O) groups is 5. The molecule has 1 aromatic rings. The van der Waals surface area contributed by atoms with Crippen LogP contribution >= 0.6 is 0 Å². The van der Waals surface area contributed by atoms with Crippen molar-refractivity contribution in [2.45, 2.75) is 142 Å². The average Bonchev–Trinajstić information content (AvgIpc) is 2.92. The molecule has 43 heavy (non-hydrogen) atoms. The second kappa shape index (κ2) is 28.7. The van der Waals surface area contributed by atoms with E-state index in [4.69, 9.17) is 26.2 Å². The number of carboxylic acid groups (broad SMARTS) is 4. The molecule has 0 fully saturated rings. The molecule has 10 heteroatoms. The minimum atomic E-state index is -1.30. The van der Waals surface area contributed by atoms with Crippen molar-refractivity contribution in [2.75, 3.05) is 5.73 Å². The van der Waals surface area contributed by atoms with Gasteiger partial charge in [0.15, 0.2) is 0 Å². The average molecular weight is 610 g/mol.